The second-order valence-corrected chi connectivity index (χ2v) is 7.96. The first-order chi connectivity index (χ1) is 10.0. The molecule has 22 heavy (non-hydrogen) atoms. The number of hydrogen-bond acceptors (Lipinski definition) is 3. The smallest absolute Gasteiger partial charge is 0.412 e. The number of ether oxygens (including phenoxy) is 1. The van der Waals surface area contributed by atoms with Gasteiger partial charge in [-0.25, -0.2) is 4.79 Å². The van der Waals surface area contributed by atoms with Crippen LogP contribution >= 0.6 is 0 Å². The predicted molar refractivity (Wildman–Crippen MR) is 88.2 cm³/mol. The van der Waals surface area contributed by atoms with Crippen molar-refractivity contribution in [3.63, 3.8) is 0 Å². The van der Waals surface area contributed by atoms with Crippen molar-refractivity contribution in [2.45, 2.75) is 59.0 Å². The third-order valence-corrected chi connectivity index (χ3v) is 4.61. The Labute approximate surface area is 132 Å². The molecule has 1 atom stereocenters. The summed E-state index contributed by atoms with van der Waals surface area (Å²) in [5.41, 5.74) is 2.13. The maximum Gasteiger partial charge on any atom is 0.412 e. The zero-order valence-electron chi connectivity index (χ0n) is 14.4. The summed E-state index contributed by atoms with van der Waals surface area (Å²) in [5.74, 6) is 0. The molecule has 0 heterocycles. The van der Waals surface area contributed by atoms with Gasteiger partial charge in [0.15, 0.2) is 0 Å². The number of carbonyl (C=O) groups excluding carboxylic acids is 1. The highest BCUT2D eigenvalue weighted by atomic mass is 16.6. The van der Waals surface area contributed by atoms with E-state index in [-0.39, 0.29) is 17.4 Å². The van der Waals surface area contributed by atoms with Gasteiger partial charge in [0.2, 0.25) is 0 Å². The Morgan fingerprint density at radius 2 is 1.95 bits per heavy atom. The van der Waals surface area contributed by atoms with Crippen LogP contribution in [0.15, 0.2) is 18.2 Å². The number of carbonyl (C=O) groups is 1. The average molecular weight is 305 g/mol. The third-order valence-electron chi connectivity index (χ3n) is 4.61. The minimum absolute atomic E-state index is 0.0835. The molecule has 1 amide bonds. The van der Waals surface area contributed by atoms with E-state index in [1.54, 1.807) is 0 Å². The molecule has 1 aliphatic rings. The Bertz CT molecular complexity index is 586. The Balaban J connectivity index is 2.24. The van der Waals surface area contributed by atoms with E-state index in [0.717, 1.165) is 23.2 Å². The molecule has 122 valence electrons. The molecular formula is C18H27NO3. The first-order valence-corrected chi connectivity index (χ1v) is 7.73. The van der Waals surface area contributed by atoms with Gasteiger partial charge in [-0.05, 0) is 56.7 Å². The summed E-state index contributed by atoms with van der Waals surface area (Å²) < 4.78 is 5.31. The van der Waals surface area contributed by atoms with Gasteiger partial charge < -0.3 is 9.84 Å². The number of aryl methyl sites for hydroxylation is 1. The van der Waals surface area contributed by atoms with Crippen molar-refractivity contribution in [1.29, 1.82) is 0 Å². The summed E-state index contributed by atoms with van der Waals surface area (Å²) in [7, 11) is 0. The van der Waals surface area contributed by atoms with Crippen molar-refractivity contribution in [1.82, 2.24) is 0 Å². The normalized spacial score (nSPS) is 23.0. The van der Waals surface area contributed by atoms with E-state index in [1.807, 2.05) is 45.9 Å². The van der Waals surface area contributed by atoms with E-state index in [9.17, 15) is 9.90 Å². The lowest BCUT2D eigenvalue weighted by molar-refractivity contribution is 0.0636. The van der Waals surface area contributed by atoms with Gasteiger partial charge >= 0.3 is 6.09 Å². The fourth-order valence-corrected chi connectivity index (χ4v) is 3.03. The zero-order valence-corrected chi connectivity index (χ0v) is 14.4. The summed E-state index contributed by atoms with van der Waals surface area (Å²) in [5, 5.41) is 12.6. The highest BCUT2D eigenvalue weighted by Crippen LogP contribution is 2.64. The first-order valence-electron chi connectivity index (χ1n) is 7.73. The zero-order chi connectivity index (χ0) is 16.8. The van der Waals surface area contributed by atoms with Crippen LogP contribution < -0.4 is 5.32 Å². The highest BCUT2D eigenvalue weighted by molar-refractivity contribution is 5.86. The Hall–Kier alpha value is -1.55. The number of nitrogens with one attached hydrogen (secondary N) is 1. The van der Waals surface area contributed by atoms with Crippen molar-refractivity contribution in [3.8, 4) is 0 Å². The SMILES string of the molecule is Cc1ccc(C2(CO)CC2(C)C)cc1NC(=O)OC(C)(C)C. The monoisotopic (exact) mass is 305 g/mol. The van der Waals surface area contributed by atoms with Crippen LogP contribution in [0, 0.1) is 12.3 Å². The molecule has 1 aromatic carbocycles. The predicted octanol–water partition coefficient (Wildman–Crippen LogP) is 4.00. The summed E-state index contributed by atoms with van der Waals surface area (Å²) in [6.45, 7) is 11.9. The maximum atomic E-state index is 12.0. The average Bonchev–Trinajstić information content (AvgIpc) is 2.93. The molecule has 0 radical (unpaired) electrons. The van der Waals surface area contributed by atoms with Crippen LogP contribution in [0.5, 0.6) is 0 Å². The van der Waals surface area contributed by atoms with Crippen molar-refractivity contribution in [3.05, 3.63) is 29.3 Å². The quantitative estimate of drug-likeness (QED) is 0.887. The minimum atomic E-state index is -0.527. The van der Waals surface area contributed by atoms with E-state index in [4.69, 9.17) is 4.74 Å². The molecule has 2 N–H and O–H groups in total. The largest absolute Gasteiger partial charge is 0.444 e. The third kappa shape index (κ3) is 3.12. The van der Waals surface area contributed by atoms with Gasteiger partial charge in [-0.2, -0.15) is 0 Å². The first kappa shape index (κ1) is 16.8. The number of anilines is 1. The fourth-order valence-electron chi connectivity index (χ4n) is 3.03. The summed E-state index contributed by atoms with van der Waals surface area (Å²) >= 11 is 0. The number of aliphatic hydroxyl groups is 1. The molecule has 0 bridgehead atoms. The van der Waals surface area contributed by atoms with Crippen LogP contribution in [0.25, 0.3) is 0 Å². The second-order valence-electron chi connectivity index (χ2n) is 7.96. The van der Waals surface area contributed by atoms with Gasteiger partial charge in [-0.1, -0.05) is 26.0 Å². The molecule has 1 aromatic rings. The Kier molecular flexibility index (Phi) is 4.03. The molecule has 0 saturated heterocycles. The molecule has 1 saturated carbocycles. The lowest BCUT2D eigenvalue weighted by Gasteiger charge is -2.22. The second kappa shape index (κ2) is 5.27. The lowest BCUT2D eigenvalue weighted by Crippen LogP contribution is -2.27. The summed E-state index contributed by atoms with van der Waals surface area (Å²) in [6.07, 6.45) is 0.492. The van der Waals surface area contributed by atoms with E-state index in [1.165, 1.54) is 0 Å². The molecule has 2 rings (SSSR count). The van der Waals surface area contributed by atoms with E-state index < -0.39 is 11.7 Å². The molecule has 1 fully saturated rings. The molecule has 0 spiro atoms. The maximum absolute atomic E-state index is 12.0. The molecule has 0 aliphatic heterocycles. The highest BCUT2D eigenvalue weighted by Gasteiger charge is 2.61. The number of hydrogen-bond donors (Lipinski definition) is 2. The van der Waals surface area contributed by atoms with Crippen molar-refractivity contribution >= 4 is 11.8 Å². The fraction of sp³-hybridized carbons (Fsp3) is 0.611. The number of benzene rings is 1. The molecular weight excluding hydrogens is 278 g/mol. The lowest BCUT2D eigenvalue weighted by atomic mass is 9.88. The van der Waals surface area contributed by atoms with Gasteiger partial charge in [0, 0.05) is 11.1 Å². The Morgan fingerprint density at radius 1 is 1.36 bits per heavy atom. The number of aliphatic hydroxyl groups excluding tert-OH is 1. The topological polar surface area (TPSA) is 58.6 Å². The molecule has 1 unspecified atom stereocenters. The molecule has 4 heteroatoms. The van der Waals surface area contributed by atoms with Gasteiger partial charge in [0.1, 0.15) is 5.60 Å². The minimum Gasteiger partial charge on any atom is -0.444 e. The van der Waals surface area contributed by atoms with Crippen molar-refractivity contribution < 1.29 is 14.6 Å². The van der Waals surface area contributed by atoms with Gasteiger partial charge in [-0.3, -0.25) is 5.32 Å². The van der Waals surface area contributed by atoms with Gasteiger partial charge in [0.05, 0.1) is 6.61 Å². The number of amides is 1. The van der Waals surface area contributed by atoms with Gasteiger partial charge in [-0.15, -0.1) is 0 Å². The van der Waals surface area contributed by atoms with E-state index in [2.05, 4.69) is 19.2 Å². The standard InChI is InChI=1S/C18H27NO3/c1-12-7-8-13(18(11-20)10-17(18,5)6)9-14(12)19-15(21)22-16(2,3)4/h7-9,20H,10-11H2,1-6H3,(H,19,21). The van der Waals surface area contributed by atoms with E-state index >= 15 is 0 Å². The van der Waals surface area contributed by atoms with Gasteiger partial charge in [0.25, 0.3) is 0 Å². The van der Waals surface area contributed by atoms with Crippen LogP contribution in [0.2, 0.25) is 0 Å². The van der Waals surface area contributed by atoms with Crippen LogP contribution in [-0.4, -0.2) is 23.4 Å². The van der Waals surface area contributed by atoms with Crippen LogP contribution in [-0.2, 0) is 10.2 Å². The van der Waals surface area contributed by atoms with Crippen molar-refractivity contribution in [2.75, 3.05) is 11.9 Å². The van der Waals surface area contributed by atoms with Crippen molar-refractivity contribution in [2.24, 2.45) is 5.41 Å². The molecule has 1 aliphatic carbocycles. The summed E-state index contributed by atoms with van der Waals surface area (Å²) in [4.78, 5) is 12.0. The Morgan fingerprint density at radius 3 is 2.41 bits per heavy atom. The van der Waals surface area contributed by atoms with Crippen LogP contribution in [0.3, 0.4) is 0 Å². The van der Waals surface area contributed by atoms with E-state index in [0.29, 0.717) is 0 Å². The van der Waals surface area contributed by atoms with Crippen LogP contribution in [0.4, 0.5) is 10.5 Å². The summed E-state index contributed by atoms with van der Waals surface area (Å²) in [6, 6.07) is 5.98. The number of rotatable bonds is 3. The molecule has 0 aromatic heterocycles. The molecule has 4 nitrogen and oxygen atoms in total. The van der Waals surface area contributed by atoms with Crippen LogP contribution in [0.1, 0.15) is 52.2 Å².